The molecule has 3 N–H and O–H groups in total. The normalized spacial score (nSPS) is 10.9. The van der Waals surface area contributed by atoms with Crippen LogP contribution in [0.5, 0.6) is 11.5 Å². The topological polar surface area (TPSA) is 60.4 Å². The van der Waals surface area contributed by atoms with Gasteiger partial charge in [0, 0.05) is 18.6 Å². The second-order valence-corrected chi connectivity index (χ2v) is 3.81. The number of aromatic nitrogens is 1. The molecule has 0 fully saturated rings. The van der Waals surface area contributed by atoms with Crippen LogP contribution in [0.1, 0.15) is 5.56 Å². The van der Waals surface area contributed by atoms with Crippen molar-refractivity contribution in [1.29, 1.82) is 0 Å². The number of aromatic hydroxyl groups is 1. The third-order valence-corrected chi connectivity index (χ3v) is 2.80. The highest BCUT2D eigenvalue weighted by atomic mass is 16.5. The summed E-state index contributed by atoms with van der Waals surface area (Å²) in [5.74, 6) is 0.695. The van der Waals surface area contributed by atoms with Gasteiger partial charge in [-0.1, -0.05) is 0 Å². The van der Waals surface area contributed by atoms with Gasteiger partial charge in [0.25, 0.3) is 0 Å². The first kappa shape index (κ1) is 10.8. The smallest absolute Gasteiger partial charge is 0.167 e. The van der Waals surface area contributed by atoms with Crippen LogP contribution in [0.15, 0.2) is 18.3 Å². The molecule has 0 aliphatic heterocycles. The Labute approximate surface area is 94.2 Å². The molecule has 0 aliphatic rings. The van der Waals surface area contributed by atoms with E-state index in [0.717, 1.165) is 22.9 Å². The number of nitrogens with zero attached hydrogens (tertiary/aromatic N) is 1. The first-order valence-electron chi connectivity index (χ1n) is 5.23. The lowest BCUT2D eigenvalue weighted by atomic mass is 10.1. The van der Waals surface area contributed by atoms with Gasteiger partial charge in [0.05, 0.1) is 12.6 Å². The molecule has 0 amide bonds. The number of phenols is 1. The van der Waals surface area contributed by atoms with Gasteiger partial charge < -0.3 is 20.1 Å². The molecule has 0 spiro atoms. The summed E-state index contributed by atoms with van der Waals surface area (Å²) in [7, 11) is 3.50. The van der Waals surface area contributed by atoms with Crippen LogP contribution in [0.3, 0.4) is 0 Å². The van der Waals surface area contributed by atoms with Crippen LogP contribution in [0.2, 0.25) is 0 Å². The van der Waals surface area contributed by atoms with E-state index in [1.54, 1.807) is 13.2 Å². The molecule has 0 aliphatic carbocycles. The maximum absolute atomic E-state index is 10.1. The average Bonchev–Trinajstić information content (AvgIpc) is 2.58. The van der Waals surface area contributed by atoms with Crippen molar-refractivity contribution >= 4 is 10.9 Å². The molecule has 86 valence electrons. The molecule has 0 bridgehead atoms. The number of fused-ring (bicyclic) bond motifs is 1. The van der Waals surface area contributed by atoms with Gasteiger partial charge >= 0.3 is 0 Å². The maximum Gasteiger partial charge on any atom is 0.167 e. The second kappa shape index (κ2) is 4.06. The zero-order chi connectivity index (χ0) is 11.7. The molecular weight excluding hydrogens is 204 g/mol. The summed E-state index contributed by atoms with van der Waals surface area (Å²) in [5, 5.41) is 10.9. The summed E-state index contributed by atoms with van der Waals surface area (Å²) in [6, 6.07) is 3.71. The van der Waals surface area contributed by atoms with Crippen molar-refractivity contribution in [2.24, 2.45) is 12.8 Å². The van der Waals surface area contributed by atoms with E-state index < -0.39 is 0 Å². The van der Waals surface area contributed by atoms with E-state index in [4.69, 9.17) is 10.5 Å². The van der Waals surface area contributed by atoms with Gasteiger partial charge in [0.2, 0.25) is 0 Å². The fourth-order valence-electron chi connectivity index (χ4n) is 2.05. The molecule has 1 aromatic carbocycles. The lowest BCUT2D eigenvalue weighted by Gasteiger charge is -2.06. The lowest BCUT2D eigenvalue weighted by molar-refractivity contribution is 0.376. The third-order valence-electron chi connectivity index (χ3n) is 2.80. The number of phenolic OH excluding ortho intramolecular Hbond substituents is 1. The molecule has 2 aromatic rings. The first-order valence-corrected chi connectivity index (χ1v) is 5.23. The summed E-state index contributed by atoms with van der Waals surface area (Å²) < 4.78 is 7.09. The van der Waals surface area contributed by atoms with Crippen molar-refractivity contribution in [3.05, 3.63) is 23.9 Å². The summed E-state index contributed by atoms with van der Waals surface area (Å²) >= 11 is 0. The van der Waals surface area contributed by atoms with Crippen LogP contribution in [-0.2, 0) is 13.5 Å². The predicted molar refractivity (Wildman–Crippen MR) is 63.9 cm³/mol. The molecule has 0 radical (unpaired) electrons. The fraction of sp³-hybridized carbons (Fsp3) is 0.333. The minimum atomic E-state index is 0.198. The van der Waals surface area contributed by atoms with Crippen LogP contribution in [0.25, 0.3) is 10.9 Å². The minimum Gasteiger partial charge on any atom is -0.504 e. The van der Waals surface area contributed by atoms with Gasteiger partial charge in [-0.2, -0.15) is 0 Å². The van der Waals surface area contributed by atoms with Crippen LogP contribution < -0.4 is 10.5 Å². The van der Waals surface area contributed by atoms with E-state index in [-0.39, 0.29) is 5.75 Å². The Morgan fingerprint density at radius 3 is 2.81 bits per heavy atom. The molecule has 2 rings (SSSR count). The molecule has 0 saturated heterocycles. The van der Waals surface area contributed by atoms with Gasteiger partial charge in [0.15, 0.2) is 11.5 Å². The Hall–Kier alpha value is -1.68. The van der Waals surface area contributed by atoms with Gasteiger partial charge in [0.1, 0.15) is 0 Å². The highest BCUT2D eigenvalue weighted by molar-refractivity contribution is 5.92. The Bertz CT molecular complexity index is 517. The van der Waals surface area contributed by atoms with Crippen molar-refractivity contribution < 1.29 is 9.84 Å². The second-order valence-electron chi connectivity index (χ2n) is 3.81. The van der Waals surface area contributed by atoms with Crippen molar-refractivity contribution in [2.75, 3.05) is 13.7 Å². The number of aryl methyl sites for hydroxylation is 1. The van der Waals surface area contributed by atoms with Gasteiger partial charge in [-0.25, -0.2) is 0 Å². The summed E-state index contributed by atoms with van der Waals surface area (Å²) in [4.78, 5) is 0. The summed E-state index contributed by atoms with van der Waals surface area (Å²) in [6.45, 7) is 0.565. The number of hydrogen-bond donors (Lipinski definition) is 2. The quantitative estimate of drug-likeness (QED) is 0.821. The number of ether oxygens (including phenoxy) is 1. The Kier molecular flexibility index (Phi) is 2.75. The third kappa shape index (κ3) is 1.51. The highest BCUT2D eigenvalue weighted by Gasteiger charge is 2.13. The van der Waals surface area contributed by atoms with E-state index in [9.17, 15) is 5.11 Å². The average molecular weight is 220 g/mol. The Balaban J connectivity index is 2.73. The summed E-state index contributed by atoms with van der Waals surface area (Å²) in [6.07, 6.45) is 2.74. The molecule has 0 unspecified atom stereocenters. The van der Waals surface area contributed by atoms with Gasteiger partial charge in [-0.3, -0.25) is 0 Å². The van der Waals surface area contributed by atoms with Crippen LogP contribution in [0.4, 0.5) is 0 Å². The minimum absolute atomic E-state index is 0.198. The molecule has 16 heavy (non-hydrogen) atoms. The predicted octanol–water partition coefficient (Wildman–Crippen LogP) is 1.39. The molecule has 1 aromatic heterocycles. The summed E-state index contributed by atoms with van der Waals surface area (Å²) in [5.41, 5.74) is 7.60. The largest absolute Gasteiger partial charge is 0.504 e. The first-order chi connectivity index (χ1) is 7.69. The maximum atomic E-state index is 10.1. The van der Waals surface area contributed by atoms with Crippen molar-refractivity contribution in [1.82, 2.24) is 4.57 Å². The number of methoxy groups -OCH3 is 1. The van der Waals surface area contributed by atoms with Crippen molar-refractivity contribution in [3.8, 4) is 11.5 Å². The van der Waals surface area contributed by atoms with Crippen LogP contribution in [0, 0.1) is 0 Å². The Morgan fingerprint density at radius 2 is 2.19 bits per heavy atom. The van der Waals surface area contributed by atoms with Crippen LogP contribution in [-0.4, -0.2) is 23.3 Å². The van der Waals surface area contributed by atoms with Crippen molar-refractivity contribution in [2.45, 2.75) is 6.42 Å². The molecule has 0 atom stereocenters. The number of benzene rings is 1. The SMILES string of the molecule is COc1ccc2c(c(CCN)cn2C)c1O. The van der Waals surface area contributed by atoms with Gasteiger partial charge in [-0.15, -0.1) is 0 Å². The molecular formula is C12H16N2O2. The molecule has 4 heteroatoms. The number of nitrogens with two attached hydrogens (primary N) is 1. The van der Waals surface area contributed by atoms with Crippen molar-refractivity contribution in [3.63, 3.8) is 0 Å². The lowest BCUT2D eigenvalue weighted by Crippen LogP contribution is -2.02. The van der Waals surface area contributed by atoms with E-state index in [1.165, 1.54) is 0 Å². The molecule has 1 heterocycles. The zero-order valence-corrected chi connectivity index (χ0v) is 9.53. The number of hydrogen-bond acceptors (Lipinski definition) is 3. The Morgan fingerprint density at radius 1 is 1.44 bits per heavy atom. The van der Waals surface area contributed by atoms with E-state index >= 15 is 0 Å². The zero-order valence-electron chi connectivity index (χ0n) is 9.53. The molecule has 4 nitrogen and oxygen atoms in total. The monoisotopic (exact) mass is 220 g/mol. The van der Waals surface area contributed by atoms with E-state index in [1.807, 2.05) is 23.9 Å². The fourth-order valence-corrected chi connectivity index (χ4v) is 2.05. The van der Waals surface area contributed by atoms with Crippen LogP contribution >= 0.6 is 0 Å². The standard InChI is InChI=1S/C12H16N2O2/c1-14-7-8(5-6-13)11-9(14)3-4-10(16-2)12(11)15/h3-4,7,15H,5-6,13H2,1-2H3. The van der Waals surface area contributed by atoms with Gasteiger partial charge in [-0.05, 0) is 30.7 Å². The highest BCUT2D eigenvalue weighted by Crippen LogP contribution is 2.37. The van der Waals surface area contributed by atoms with E-state index in [2.05, 4.69) is 0 Å². The molecule has 0 saturated carbocycles. The van der Waals surface area contributed by atoms with E-state index in [0.29, 0.717) is 12.3 Å². The number of rotatable bonds is 3.